The van der Waals surface area contributed by atoms with Crippen LogP contribution in [-0.4, -0.2) is 41.1 Å². The number of benzene rings is 1. The highest BCUT2D eigenvalue weighted by atomic mass is 15.3. The SMILES string of the molecule is CC(C)C[C@H]1CCN(c2nccnc2C2CN(c3ccc4ccccc4n3)C2)C1. The Morgan fingerprint density at radius 1 is 0.966 bits per heavy atom. The predicted molar refractivity (Wildman–Crippen MR) is 119 cm³/mol. The van der Waals surface area contributed by atoms with Crippen LogP contribution in [-0.2, 0) is 0 Å². The Morgan fingerprint density at radius 3 is 2.66 bits per heavy atom. The molecule has 5 heteroatoms. The summed E-state index contributed by atoms with van der Waals surface area (Å²) in [7, 11) is 0. The first-order valence-corrected chi connectivity index (χ1v) is 10.8. The molecule has 2 aromatic heterocycles. The maximum absolute atomic E-state index is 4.84. The molecular weight excluding hydrogens is 358 g/mol. The number of hydrogen-bond donors (Lipinski definition) is 0. The maximum Gasteiger partial charge on any atom is 0.150 e. The Morgan fingerprint density at radius 2 is 1.79 bits per heavy atom. The lowest BCUT2D eigenvalue weighted by Crippen LogP contribution is -2.46. The zero-order chi connectivity index (χ0) is 19.8. The number of rotatable bonds is 5. The van der Waals surface area contributed by atoms with Crippen molar-refractivity contribution in [3.63, 3.8) is 0 Å². The second-order valence-electron chi connectivity index (χ2n) is 8.96. The number of pyridine rings is 1. The van der Waals surface area contributed by atoms with Crippen LogP contribution in [0.5, 0.6) is 0 Å². The van der Waals surface area contributed by atoms with Crippen molar-refractivity contribution in [1.82, 2.24) is 15.0 Å². The highest BCUT2D eigenvalue weighted by Gasteiger charge is 2.35. The highest BCUT2D eigenvalue weighted by molar-refractivity contribution is 5.80. The molecule has 0 saturated carbocycles. The van der Waals surface area contributed by atoms with Gasteiger partial charge in [-0.3, -0.25) is 4.98 Å². The second-order valence-corrected chi connectivity index (χ2v) is 8.96. The average molecular weight is 388 g/mol. The van der Waals surface area contributed by atoms with Crippen molar-refractivity contribution in [2.24, 2.45) is 11.8 Å². The van der Waals surface area contributed by atoms with Crippen molar-refractivity contribution in [2.75, 3.05) is 36.0 Å². The third-order valence-corrected chi connectivity index (χ3v) is 6.27. The Labute approximate surface area is 172 Å². The summed E-state index contributed by atoms with van der Waals surface area (Å²) in [5.41, 5.74) is 2.22. The largest absolute Gasteiger partial charge is 0.355 e. The van der Waals surface area contributed by atoms with Crippen LogP contribution in [0.15, 0.2) is 48.8 Å². The van der Waals surface area contributed by atoms with Crippen molar-refractivity contribution in [3.8, 4) is 0 Å². The van der Waals surface area contributed by atoms with Gasteiger partial charge in [0, 0.05) is 49.9 Å². The monoisotopic (exact) mass is 387 g/mol. The van der Waals surface area contributed by atoms with Crippen LogP contribution in [0.1, 0.15) is 38.3 Å². The summed E-state index contributed by atoms with van der Waals surface area (Å²) in [4.78, 5) is 19.2. The van der Waals surface area contributed by atoms with Crippen LogP contribution in [0.3, 0.4) is 0 Å². The Balaban J connectivity index is 1.29. The second kappa shape index (κ2) is 7.62. The van der Waals surface area contributed by atoms with Gasteiger partial charge in [-0.25, -0.2) is 9.97 Å². The molecule has 2 saturated heterocycles. The lowest BCUT2D eigenvalue weighted by atomic mass is 9.95. The van der Waals surface area contributed by atoms with Crippen molar-refractivity contribution < 1.29 is 0 Å². The van der Waals surface area contributed by atoms with E-state index in [0.717, 1.165) is 60.9 Å². The van der Waals surface area contributed by atoms with Gasteiger partial charge < -0.3 is 9.80 Å². The number of para-hydroxylation sites is 1. The predicted octanol–water partition coefficient (Wildman–Crippen LogP) is 4.50. The van der Waals surface area contributed by atoms with Crippen LogP contribution < -0.4 is 9.80 Å². The molecule has 0 bridgehead atoms. The van der Waals surface area contributed by atoms with Gasteiger partial charge in [0.1, 0.15) is 5.82 Å². The summed E-state index contributed by atoms with van der Waals surface area (Å²) in [6, 6.07) is 12.6. The minimum absolute atomic E-state index is 0.427. The van der Waals surface area contributed by atoms with Gasteiger partial charge in [0.25, 0.3) is 0 Å². The summed E-state index contributed by atoms with van der Waals surface area (Å²) in [5, 5.41) is 1.19. The molecule has 2 fully saturated rings. The number of hydrogen-bond acceptors (Lipinski definition) is 5. The summed E-state index contributed by atoms with van der Waals surface area (Å²) in [6.07, 6.45) is 6.26. The smallest absolute Gasteiger partial charge is 0.150 e. The zero-order valence-electron chi connectivity index (χ0n) is 17.3. The molecule has 0 radical (unpaired) electrons. The molecule has 0 aliphatic carbocycles. The summed E-state index contributed by atoms with van der Waals surface area (Å²) >= 11 is 0. The third-order valence-electron chi connectivity index (χ3n) is 6.27. The molecule has 0 amide bonds. The maximum atomic E-state index is 4.84. The molecule has 1 aromatic carbocycles. The van der Waals surface area contributed by atoms with E-state index in [0.29, 0.717) is 5.92 Å². The van der Waals surface area contributed by atoms with Gasteiger partial charge in [-0.15, -0.1) is 0 Å². The van der Waals surface area contributed by atoms with Gasteiger partial charge in [-0.1, -0.05) is 32.0 Å². The van der Waals surface area contributed by atoms with Gasteiger partial charge in [-0.05, 0) is 42.9 Å². The highest BCUT2D eigenvalue weighted by Crippen LogP contribution is 2.36. The van der Waals surface area contributed by atoms with Crippen molar-refractivity contribution in [3.05, 3.63) is 54.5 Å². The fraction of sp³-hybridized carbons (Fsp3) is 0.458. The van der Waals surface area contributed by atoms with Crippen molar-refractivity contribution in [2.45, 2.75) is 32.6 Å². The van der Waals surface area contributed by atoms with Crippen molar-refractivity contribution >= 4 is 22.5 Å². The number of nitrogens with zero attached hydrogens (tertiary/aromatic N) is 5. The molecule has 2 aliphatic rings. The van der Waals surface area contributed by atoms with E-state index in [9.17, 15) is 0 Å². The first-order chi connectivity index (χ1) is 14.2. The third kappa shape index (κ3) is 3.66. The van der Waals surface area contributed by atoms with Crippen LogP contribution in [0.4, 0.5) is 11.6 Å². The minimum Gasteiger partial charge on any atom is -0.355 e. The van der Waals surface area contributed by atoms with Crippen LogP contribution >= 0.6 is 0 Å². The van der Waals surface area contributed by atoms with E-state index in [4.69, 9.17) is 15.0 Å². The molecule has 5 nitrogen and oxygen atoms in total. The van der Waals surface area contributed by atoms with E-state index < -0.39 is 0 Å². The van der Waals surface area contributed by atoms with E-state index in [1.807, 2.05) is 18.5 Å². The lowest BCUT2D eigenvalue weighted by Gasteiger charge is -2.40. The Hall–Kier alpha value is -2.69. The average Bonchev–Trinajstić information content (AvgIpc) is 3.15. The van der Waals surface area contributed by atoms with E-state index in [-0.39, 0.29) is 0 Å². The van der Waals surface area contributed by atoms with Gasteiger partial charge >= 0.3 is 0 Å². The van der Waals surface area contributed by atoms with E-state index in [1.165, 1.54) is 18.2 Å². The first-order valence-electron chi connectivity index (χ1n) is 10.8. The van der Waals surface area contributed by atoms with Crippen LogP contribution in [0.25, 0.3) is 10.9 Å². The fourth-order valence-electron chi connectivity index (χ4n) is 4.83. The standard InChI is InChI=1S/C24H29N5/c1-17(2)13-18-9-12-28(14-18)24-23(25-10-11-26-24)20-15-29(16-20)22-8-7-19-5-3-4-6-21(19)27-22/h3-8,10-11,17-18,20H,9,12-16H2,1-2H3/t18-/m1/s1. The molecule has 2 aliphatic heterocycles. The summed E-state index contributed by atoms with van der Waals surface area (Å²) in [6.45, 7) is 8.78. The zero-order valence-corrected chi connectivity index (χ0v) is 17.3. The molecule has 29 heavy (non-hydrogen) atoms. The summed E-state index contributed by atoms with van der Waals surface area (Å²) < 4.78 is 0. The van der Waals surface area contributed by atoms with Gasteiger partial charge in [0.05, 0.1) is 11.2 Å². The molecule has 3 aromatic rings. The molecular formula is C24H29N5. The topological polar surface area (TPSA) is 45.2 Å². The number of fused-ring (bicyclic) bond motifs is 1. The lowest BCUT2D eigenvalue weighted by molar-refractivity contribution is 0.441. The minimum atomic E-state index is 0.427. The normalized spacial score (nSPS) is 19.9. The van der Waals surface area contributed by atoms with Crippen LogP contribution in [0, 0.1) is 11.8 Å². The molecule has 0 unspecified atom stereocenters. The van der Waals surface area contributed by atoms with Crippen LogP contribution in [0.2, 0.25) is 0 Å². The molecule has 150 valence electrons. The molecule has 0 N–H and O–H groups in total. The van der Waals surface area contributed by atoms with E-state index in [2.05, 4.69) is 54.0 Å². The van der Waals surface area contributed by atoms with Gasteiger partial charge in [0.15, 0.2) is 5.82 Å². The molecule has 0 spiro atoms. The van der Waals surface area contributed by atoms with Gasteiger partial charge in [-0.2, -0.15) is 0 Å². The molecule has 1 atom stereocenters. The fourth-order valence-corrected chi connectivity index (χ4v) is 4.83. The number of anilines is 2. The van der Waals surface area contributed by atoms with Gasteiger partial charge in [0.2, 0.25) is 0 Å². The molecule has 5 rings (SSSR count). The molecule has 4 heterocycles. The van der Waals surface area contributed by atoms with Crippen molar-refractivity contribution in [1.29, 1.82) is 0 Å². The number of aromatic nitrogens is 3. The Kier molecular flexibility index (Phi) is 4.82. The first kappa shape index (κ1) is 18.3. The summed E-state index contributed by atoms with van der Waals surface area (Å²) in [5.74, 6) is 4.13. The van der Waals surface area contributed by atoms with E-state index in [1.54, 1.807) is 0 Å². The Bertz CT molecular complexity index is 995. The quantitative estimate of drug-likeness (QED) is 0.645. The van der Waals surface area contributed by atoms with E-state index >= 15 is 0 Å².